The third-order valence-electron chi connectivity index (χ3n) is 2.32. The summed E-state index contributed by atoms with van der Waals surface area (Å²) in [6, 6.07) is 1.88. The number of hydrogen-bond donors (Lipinski definition) is 0. The fraction of sp³-hybridized carbons (Fsp3) is 0.273. The van der Waals surface area contributed by atoms with E-state index in [-0.39, 0.29) is 0 Å². The van der Waals surface area contributed by atoms with Crippen molar-refractivity contribution in [1.29, 1.82) is 0 Å². The van der Waals surface area contributed by atoms with E-state index >= 15 is 0 Å². The van der Waals surface area contributed by atoms with Crippen molar-refractivity contribution < 1.29 is 4.74 Å². The molecule has 0 aliphatic carbocycles. The van der Waals surface area contributed by atoms with Crippen LogP contribution in [0, 0.1) is 6.92 Å². The lowest BCUT2D eigenvalue weighted by molar-refractivity contribution is 0.292. The van der Waals surface area contributed by atoms with Crippen molar-refractivity contribution in [3.8, 4) is 5.75 Å². The molecule has 0 spiro atoms. The smallest absolute Gasteiger partial charge is 0.139 e. The number of pyridine rings is 1. The summed E-state index contributed by atoms with van der Waals surface area (Å²) in [5.41, 5.74) is 1.96. The fourth-order valence-electron chi connectivity index (χ4n) is 1.46. The van der Waals surface area contributed by atoms with E-state index in [1.807, 2.05) is 24.7 Å². The van der Waals surface area contributed by atoms with E-state index in [0.29, 0.717) is 6.61 Å². The van der Waals surface area contributed by atoms with Crippen molar-refractivity contribution in [3.05, 3.63) is 38.8 Å². The van der Waals surface area contributed by atoms with Crippen LogP contribution in [0.25, 0.3) is 0 Å². The second kappa shape index (κ2) is 5.18. The summed E-state index contributed by atoms with van der Waals surface area (Å²) in [4.78, 5) is 4.04. The van der Waals surface area contributed by atoms with Crippen molar-refractivity contribution in [2.24, 2.45) is 7.05 Å². The summed E-state index contributed by atoms with van der Waals surface area (Å²) in [5, 5.41) is 4.31. The van der Waals surface area contributed by atoms with Gasteiger partial charge < -0.3 is 4.74 Å². The quantitative estimate of drug-likeness (QED) is 0.843. The van der Waals surface area contributed by atoms with Crippen LogP contribution in [0.3, 0.4) is 0 Å². The molecule has 0 unspecified atom stereocenters. The van der Waals surface area contributed by atoms with Gasteiger partial charge in [0.2, 0.25) is 0 Å². The highest BCUT2D eigenvalue weighted by atomic mass is 79.9. The Labute approximate surface area is 116 Å². The van der Waals surface area contributed by atoms with Crippen LogP contribution in [0.4, 0.5) is 0 Å². The molecule has 2 heterocycles. The zero-order valence-electron chi connectivity index (χ0n) is 9.44. The van der Waals surface area contributed by atoms with Crippen molar-refractivity contribution in [2.45, 2.75) is 13.5 Å². The lowest BCUT2D eigenvalue weighted by Crippen LogP contribution is -2.03. The molecule has 0 amide bonds. The van der Waals surface area contributed by atoms with Crippen LogP contribution in [0.5, 0.6) is 5.75 Å². The fourth-order valence-corrected chi connectivity index (χ4v) is 2.25. The molecule has 2 aromatic rings. The van der Waals surface area contributed by atoms with Crippen LogP contribution in [0.1, 0.15) is 11.4 Å². The molecule has 17 heavy (non-hydrogen) atoms. The van der Waals surface area contributed by atoms with E-state index in [1.165, 1.54) is 0 Å². The molecule has 4 nitrogen and oxygen atoms in total. The van der Waals surface area contributed by atoms with Crippen molar-refractivity contribution >= 4 is 31.9 Å². The number of aryl methyl sites for hydroxylation is 2. The van der Waals surface area contributed by atoms with Gasteiger partial charge in [-0.2, -0.15) is 5.10 Å². The van der Waals surface area contributed by atoms with Crippen molar-refractivity contribution in [1.82, 2.24) is 14.8 Å². The van der Waals surface area contributed by atoms with Gasteiger partial charge in [-0.1, -0.05) is 0 Å². The number of halogens is 2. The highest BCUT2D eigenvalue weighted by molar-refractivity contribution is 9.10. The van der Waals surface area contributed by atoms with E-state index in [2.05, 4.69) is 41.9 Å². The number of aromatic nitrogens is 3. The average Bonchev–Trinajstić information content (AvgIpc) is 2.51. The highest BCUT2D eigenvalue weighted by Gasteiger charge is 2.11. The van der Waals surface area contributed by atoms with Gasteiger partial charge in [0.25, 0.3) is 0 Å². The largest absolute Gasteiger partial charge is 0.486 e. The number of hydrogen-bond acceptors (Lipinski definition) is 3. The van der Waals surface area contributed by atoms with E-state index in [0.717, 1.165) is 26.1 Å². The summed E-state index contributed by atoms with van der Waals surface area (Å²) in [6.45, 7) is 2.41. The van der Waals surface area contributed by atoms with Crippen LogP contribution < -0.4 is 4.74 Å². The second-order valence-corrected chi connectivity index (χ2v) is 5.31. The average molecular weight is 361 g/mol. The zero-order valence-corrected chi connectivity index (χ0v) is 12.6. The summed E-state index contributed by atoms with van der Waals surface area (Å²) < 4.78 is 9.36. The summed E-state index contributed by atoms with van der Waals surface area (Å²) in [6.07, 6.45) is 3.40. The molecule has 0 N–H and O–H groups in total. The predicted octanol–water partition coefficient (Wildman–Crippen LogP) is 3.23. The molecular weight excluding hydrogens is 350 g/mol. The molecule has 2 rings (SSSR count). The molecule has 0 saturated carbocycles. The van der Waals surface area contributed by atoms with Gasteiger partial charge in [-0.3, -0.25) is 9.67 Å². The van der Waals surface area contributed by atoms with Crippen molar-refractivity contribution in [3.63, 3.8) is 0 Å². The highest BCUT2D eigenvalue weighted by Crippen LogP contribution is 2.22. The molecule has 0 bridgehead atoms. The van der Waals surface area contributed by atoms with E-state index in [9.17, 15) is 0 Å². The van der Waals surface area contributed by atoms with Crippen LogP contribution in [0.15, 0.2) is 27.4 Å². The molecule has 90 valence electrons. The van der Waals surface area contributed by atoms with Crippen LogP contribution >= 0.6 is 31.9 Å². The second-order valence-electron chi connectivity index (χ2n) is 3.60. The van der Waals surface area contributed by atoms with Crippen LogP contribution in [-0.4, -0.2) is 14.8 Å². The van der Waals surface area contributed by atoms with E-state index in [4.69, 9.17) is 4.74 Å². The molecule has 0 aliphatic heterocycles. The maximum absolute atomic E-state index is 5.66. The van der Waals surface area contributed by atoms with E-state index in [1.54, 1.807) is 12.4 Å². The summed E-state index contributed by atoms with van der Waals surface area (Å²) in [5.74, 6) is 0.727. The minimum atomic E-state index is 0.454. The summed E-state index contributed by atoms with van der Waals surface area (Å²) >= 11 is 6.85. The number of ether oxygens (including phenoxy) is 1. The molecule has 0 radical (unpaired) electrons. The Balaban J connectivity index is 2.12. The number of rotatable bonds is 3. The maximum atomic E-state index is 5.66. The number of nitrogens with zero attached hydrogens (tertiary/aromatic N) is 3. The van der Waals surface area contributed by atoms with Gasteiger partial charge in [0, 0.05) is 17.7 Å². The van der Waals surface area contributed by atoms with Gasteiger partial charge in [0.05, 0.1) is 22.1 Å². The standard InChI is InChI=1S/C11H11Br2N3O/c1-7-11(13)10(16(2)15-7)6-17-9-3-8(12)4-14-5-9/h3-5H,6H2,1-2H3. The Morgan fingerprint density at radius 2 is 2.12 bits per heavy atom. The zero-order chi connectivity index (χ0) is 12.4. The Morgan fingerprint density at radius 3 is 2.71 bits per heavy atom. The third kappa shape index (κ3) is 2.87. The third-order valence-corrected chi connectivity index (χ3v) is 3.78. The van der Waals surface area contributed by atoms with Gasteiger partial charge >= 0.3 is 0 Å². The first-order valence-corrected chi connectivity index (χ1v) is 6.58. The monoisotopic (exact) mass is 359 g/mol. The normalized spacial score (nSPS) is 10.6. The van der Waals surface area contributed by atoms with Gasteiger partial charge in [0.15, 0.2) is 0 Å². The molecule has 0 aliphatic rings. The molecule has 2 aromatic heterocycles. The Bertz CT molecular complexity index is 540. The first-order valence-electron chi connectivity index (χ1n) is 4.99. The molecule has 0 saturated heterocycles. The summed E-state index contributed by atoms with van der Waals surface area (Å²) in [7, 11) is 1.90. The molecule has 0 aromatic carbocycles. The van der Waals surface area contributed by atoms with Crippen LogP contribution in [-0.2, 0) is 13.7 Å². The molecule has 0 atom stereocenters. The van der Waals surface area contributed by atoms with Crippen molar-refractivity contribution in [2.75, 3.05) is 0 Å². The first-order chi connectivity index (χ1) is 8.08. The predicted molar refractivity (Wildman–Crippen MR) is 71.9 cm³/mol. The Hall–Kier alpha value is -0.880. The van der Waals surface area contributed by atoms with Crippen LogP contribution in [0.2, 0.25) is 0 Å². The maximum Gasteiger partial charge on any atom is 0.139 e. The van der Waals surface area contributed by atoms with E-state index < -0.39 is 0 Å². The minimum Gasteiger partial charge on any atom is -0.486 e. The molecule has 6 heteroatoms. The Morgan fingerprint density at radius 1 is 1.35 bits per heavy atom. The van der Waals surface area contributed by atoms with Gasteiger partial charge in [-0.15, -0.1) is 0 Å². The molecule has 0 fully saturated rings. The molecular formula is C11H11Br2N3O. The Kier molecular flexibility index (Phi) is 3.83. The lowest BCUT2D eigenvalue weighted by atomic mass is 10.4. The van der Waals surface area contributed by atoms with Gasteiger partial charge in [-0.25, -0.2) is 0 Å². The minimum absolute atomic E-state index is 0.454. The lowest BCUT2D eigenvalue weighted by Gasteiger charge is -2.06. The SMILES string of the molecule is Cc1nn(C)c(COc2cncc(Br)c2)c1Br. The van der Waals surface area contributed by atoms with Gasteiger partial charge in [-0.05, 0) is 44.8 Å². The topological polar surface area (TPSA) is 39.9 Å². The van der Waals surface area contributed by atoms with Gasteiger partial charge in [0.1, 0.15) is 12.4 Å². The first kappa shape index (κ1) is 12.6.